The van der Waals surface area contributed by atoms with Gasteiger partial charge in [0, 0.05) is 16.0 Å². The van der Waals surface area contributed by atoms with Gasteiger partial charge in [0.1, 0.15) is 4.83 Å². The molecule has 3 nitrogen and oxygen atoms in total. The lowest BCUT2D eigenvalue weighted by atomic mass is 10.0. The minimum Gasteiger partial charge on any atom is -0.288 e. The molecule has 0 spiro atoms. The molecule has 5 rings (SSSR count). The fraction of sp³-hybridized carbons (Fsp3) is 0.0500. The zero-order valence-electron chi connectivity index (χ0n) is 13.2. The highest BCUT2D eigenvalue weighted by molar-refractivity contribution is 7.27. The van der Waals surface area contributed by atoms with E-state index in [1.54, 1.807) is 17.4 Å². The van der Waals surface area contributed by atoms with Crippen molar-refractivity contribution < 1.29 is 9.59 Å². The molecule has 1 aliphatic carbocycles. The quantitative estimate of drug-likeness (QED) is 0.342. The number of hydrogen-bond donors (Lipinski definition) is 0. The number of ketones is 2. The molecule has 120 valence electrons. The van der Waals surface area contributed by atoms with Crippen molar-refractivity contribution in [3.63, 3.8) is 0 Å². The van der Waals surface area contributed by atoms with Gasteiger partial charge in [-0.15, -0.1) is 22.7 Å². The van der Waals surface area contributed by atoms with Crippen LogP contribution in [-0.2, 0) is 0 Å². The molecule has 2 aromatic heterocycles. The lowest BCUT2D eigenvalue weighted by Gasteiger charge is -2.00. The van der Waals surface area contributed by atoms with Gasteiger partial charge >= 0.3 is 0 Å². The summed E-state index contributed by atoms with van der Waals surface area (Å²) in [5.74, 6) is -0.377. The van der Waals surface area contributed by atoms with Crippen molar-refractivity contribution in [3.05, 3.63) is 69.0 Å². The van der Waals surface area contributed by atoms with Crippen LogP contribution in [0.5, 0.6) is 0 Å². The number of hydrogen-bond acceptors (Lipinski definition) is 5. The van der Waals surface area contributed by atoms with Gasteiger partial charge in [0.15, 0.2) is 11.6 Å². The molecule has 0 saturated carbocycles. The Morgan fingerprint density at radius 2 is 1.56 bits per heavy atom. The second-order valence-electron chi connectivity index (χ2n) is 6.01. The van der Waals surface area contributed by atoms with Crippen LogP contribution in [0, 0.1) is 6.92 Å². The minimum atomic E-state index is -0.188. The summed E-state index contributed by atoms with van der Waals surface area (Å²) in [6.45, 7) is 1.97. The number of aryl methyl sites for hydroxylation is 1. The maximum atomic E-state index is 12.8. The molecule has 0 saturated heterocycles. The fourth-order valence-electron chi connectivity index (χ4n) is 3.21. The van der Waals surface area contributed by atoms with Crippen molar-refractivity contribution in [3.8, 4) is 0 Å². The molecular weight excluding hydrogens is 350 g/mol. The monoisotopic (exact) mass is 361 g/mol. The Hall–Kier alpha value is -2.63. The van der Waals surface area contributed by atoms with Crippen LogP contribution in [0.15, 0.2) is 48.0 Å². The zero-order valence-corrected chi connectivity index (χ0v) is 14.8. The minimum absolute atomic E-state index is 0.188. The van der Waals surface area contributed by atoms with Crippen molar-refractivity contribution in [1.29, 1.82) is 0 Å². The van der Waals surface area contributed by atoms with Gasteiger partial charge in [-0.05, 0) is 42.0 Å². The van der Waals surface area contributed by atoms with Gasteiger partial charge in [-0.2, -0.15) is 0 Å². The van der Waals surface area contributed by atoms with Crippen molar-refractivity contribution in [1.82, 2.24) is 4.98 Å². The molecule has 0 bridgehead atoms. The number of thiazole rings is 1. The van der Waals surface area contributed by atoms with Crippen LogP contribution in [0.1, 0.15) is 30.6 Å². The van der Waals surface area contributed by atoms with Crippen molar-refractivity contribution >= 4 is 60.6 Å². The maximum absolute atomic E-state index is 12.8. The fourth-order valence-corrected chi connectivity index (χ4v) is 5.29. The molecule has 2 heterocycles. The molecule has 0 atom stereocenters. The first-order valence-electron chi connectivity index (χ1n) is 7.81. The highest BCUT2D eigenvalue weighted by atomic mass is 32.1. The van der Waals surface area contributed by atoms with Crippen molar-refractivity contribution in [2.24, 2.45) is 0 Å². The number of carbonyl (C=O) groups excluding carboxylic acids is 2. The average Bonchev–Trinajstić information content (AvgIpc) is 3.20. The molecule has 0 fully saturated rings. The van der Waals surface area contributed by atoms with E-state index >= 15 is 0 Å². The third-order valence-corrected chi connectivity index (χ3v) is 6.39. The summed E-state index contributed by atoms with van der Waals surface area (Å²) in [7, 11) is 0. The molecule has 0 unspecified atom stereocenters. The highest BCUT2D eigenvalue weighted by Crippen LogP contribution is 2.35. The summed E-state index contributed by atoms with van der Waals surface area (Å²) >= 11 is 3.13. The molecule has 2 aromatic carbocycles. The second-order valence-corrected chi connectivity index (χ2v) is 8.31. The van der Waals surface area contributed by atoms with Crippen LogP contribution >= 0.6 is 22.7 Å². The second kappa shape index (κ2) is 5.18. The Kier molecular flexibility index (Phi) is 3.04. The number of rotatable bonds is 1. The predicted molar refractivity (Wildman–Crippen MR) is 103 cm³/mol. The first-order chi connectivity index (χ1) is 12.1. The molecule has 5 heteroatoms. The van der Waals surface area contributed by atoms with E-state index in [2.05, 4.69) is 4.98 Å². The lowest BCUT2D eigenvalue weighted by Crippen LogP contribution is -1.99. The van der Waals surface area contributed by atoms with Crippen molar-refractivity contribution in [2.45, 2.75) is 6.92 Å². The Morgan fingerprint density at radius 3 is 2.16 bits per heavy atom. The number of benzene rings is 2. The molecule has 0 amide bonds. The van der Waals surface area contributed by atoms with E-state index in [0.717, 1.165) is 30.2 Å². The number of nitrogens with zero attached hydrogens (tertiary/aromatic N) is 1. The van der Waals surface area contributed by atoms with Crippen LogP contribution < -0.4 is 0 Å². The van der Waals surface area contributed by atoms with Crippen LogP contribution in [0.4, 0.5) is 0 Å². The Labute approximate surface area is 151 Å². The van der Waals surface area contributed by atoms with Gasteiger partial charge < -0.3 is 0 Å². The van der Waals surface area contributed by atoms with Gasteiger partial charge in [-0.25, -0.2) is 4.98 Å². The van der Waals surface area contributed by atoms with Crippen molar-refractivity contribution in [2.75, 3.05) is 0 Å². The van der Waals surface area contributed by atoms with Crippen LogP contribution in [-0.4, -0.2) is 16.6 Å². The Balaban J connectivity index is 1.64. The first-order valence-corrected chi connectivity index (χ1v) is 9.44. The van der Waals surface area contributed by atoms with Gasteiger partial charge in [0.05, 0.1) is 15.3 Å². The van der Waals surface area contributed by atoms with E-state index in [9.17, 15) is 9.59 Å². The third kappa shape index (κ3) is 2.20. The number of Topliss-reactive ketones (excluding diaryl/α,β-unsaturated/α-hetero) is 2. The molecule has 1 aliphatic rings. The summed E-state index contributed by atoms with van der Waals surface area (Å²) < 4.78 is 1.09. The van der Waals surface area contributed by atoms with E-state index in [1.165, 1.54) is 11.3 Å². The Bertz CT molecular complexity index is 1160. The van der Waals surface area contributed by atoms with Gasteiger partial charge in [-0.3, -0.25) is 9.59 Å². The smallest absolute Gasteiger partial charge is 0.197 e. The van der Waals surface area contributed by atoms with E-state index in [0.29, 0.717) is 11.1 Å². The number of fused-ring (bicyclic) bond motifs is 3. The van der Waals surface area contributed by atoms with Gasteiger partial charge in [0.2, 0.25) is 0 Å². The lowest BCUT2D eigenvalue weighted by molar-refractivity contribution is 0.0990. The first kappa shape index (κ1) is 14.7. The number of thiophene rings is 1. The molecule has 0 aliphatic heterocycles. The normalized spacial score (nSPS) is 13.9. The summed E-state index contributed by atoms with van der Waals surface area (Å²) in [5.41, 5.74) is 1.25. The largest absolute Gasteiger partial charge is 0.288 e. The summed E-state index contributed by atoms with van der Waals surface area (Å²) in [6, 6.07) is 13.4. The van der Waals surface area contributed by atoms with Gasteiger partial charge in [-0.1, -0.05) is 24.3 Å². The SMILES string of the molecule is Cc1nc2sc(C=C3C(=O)c4cc5ccccc5cc4C3=O)cc2s1. The maximum Gasteiger partial charge on any atom is 0.197 e. The van der Waals surface area contributed by atoms with Crippen LogP contribution in [0.25, 0.3) is 26.4 Å². The predicted octanol–water partition coefficient (Wildman–Crippen LogP) is 5.28. The molecule has 4 aromatic rings. The molecular formula is C20H11NO2S2. The average molecular weight is 361 g/mol. The number of allylic oxidation sites excluding steroid dienone is 1. The zero-order chi connectivity index (χ0) is 17.1. The topological polar surface area (TPSA) is 47.0 Å². The summed E-state index contributed by atoms with van der Waals surface area (Å²) in [6.07, 6.45) is 1.71. The number of carbonyl (C=O) groups is 2. The highest BCUT2D eigenvalue weighted by Gasteiger charge is 2.33. The molecule has 0 radical (unpaired) electrons. The van der Waals surface area contributed by atoms with Gasteiger partial charge in [0.25, 0.3) is 0 Å². The van der Waals surface area contributed by atoms with Crippen LogP contribution in [0.3, 0.4) is 0 Å². The van der Waals surface area contributed by atoms with E-state index in [4.69, 9.17) is 0 Å². The molecule has 25 heavy (non-hydrogen) atoms. The molecule has 0 N–H and O–H groups in total. The third-order valence-electron chi connectivity index (χ3n) is 4.37. The van der Waals surface area contributed by atoms with E-state index in [1.807, 2.05) is 49.4 Å². The standard InChI is InChI=1S/C20H11NO2S2/c1-10-21-20-17(24-10)9-13(25-20)8-16-18(22)14-6-11-4-2-3-5-12(11)7-15(14)19(16)23/h2-9H,1H3. The van der Waals surface area contributed by atoms with E-state index in [-0.39, 0.29) is 17.1 Å². The number of aromatic nitrogens is 1. The Morgan fingerprint density at radius 1 is 0.920 bits per heavy atom. The summed E-state index contributed by atoms with van der Waals surface area (Å²) in [5, 5.41) is 2.97. The summed E-state index contributed by atoms with van der Waals surface area (Å²) in [4.78, 5) is 31.8. The van der Waals surface area contributed by atoms with Crippen LogP contribution in [0.2, 0.25) is 0 Å². The van der Waals surface area contributed by atoms with E-state index < -0.39 is 0 Å².